The molecule has 74 heavy (non-hydrogen) atoms. The van der Waals surface area contributed by atoms with Crippen LogP contribution in [0, 0.1) is 6.92 Å². The van der Waals surface area contributed by atoms with Crippen molar-refractivity contribution in [2.24, 2.45) is 0 Å². The Kier molecular flexibility index (Phi) is 9.89. The number of para-hydroxylation sites is 5. The van der Waals surface area contributed by atoms with E-state index >= 15 is 0 Å². The molecule has 0 fully saturated rings. The van der Waals surface area contributed by atoms with Gasteiger partial charge in [-0.25, -0.2) is 0 Å². The van der Waals surface area contributed by atoms with Crippen LogP contribution in [0.15, 0.2) is 259 Å². The van der Waals surface area contributed by atoms with Crippen LogP contribution in [0.1, 0.15) is 5.56 Å². The van der Waals surface area contributed by atoms with Crippen LogP contribution in [-0.2, 0) is 0 Å². The number of rotatable bonds is 7. The number of aryl methyl sites for hydroxylation is 1. The van der Waals surface area contributed by atoms with Gasteiger partial charge in [-0.1, -0.05) is 193 Å². The lowest BCUT2D eigenvalue weighted by Gasteiger charge is -2.42. The van der Waals surface area contributed by atoms with E-state index in [0.29, 0.717) is 0 Å². The number of hydrogen-bond donors (Lipinski definition) is 0. The zero-order valence-corrected chi connectivity index (χ0v) is 41.3. The minimum Gasteiger partial charge on any atom is -0.458 e. The summed E-state index contributed by atoms with van der Waals surface area (Å²) in [5.41, 5.74) is 22.0. The van der Waals surface area contributed by atoms with Crippen molar-refractivity contribution < 1.29 is 9.47 Å². The van der Waals surface area contributed by atoms with Crippen molar-refractivity contribution >= 4 is 92.1 Å². The molecule has 0 aliphatic carbocycles. The van der Waals surface area contributed by atoms with Crippen molar-refractivity contribution in [3.63, 3.8) is 0 Å². The van der Waals surface area contributed by atoms with E-state index in [1.165, 1.54) is 64.8 Å². The fourth-order valence-electron chi connectivity index (χ4n) is 12.0. The Morgan fingerprint density at radius 1 is 0.351 bits per heavy atom. The van der Waals surface area contributed by atoms with Crippen molar-refractivity contribution in [3.05, 3.63) is 254 Å². The van der Waals surface area contributed by atoms with Crippen molar-refractivity contribution in [3.8, 4) is 56.4 Å². The van der Waals surface area contributed by atoms with Gasteiger partial charge in [0.1, 0.15) is 23.0 Å². The average molecular weight is 963 g/mol. The van der Waals surface area contributed by atoms with Gasteiger partial charge in [-0.15, -0.1) is 0 Å². The molecule has 0 atom stereocenters. The highest BCUT2D eigenvalue weighted by molar-refractivity contribution is 8.00. The molecule has 0 aromatic heterocycles. The normalized spacial score (nSPS) is 13.0. The largest absolute Gasteiger partial charge is 0.458 e. The molecule has 15 rings (SSSR count). The highest BCUT2D eigenvalue weighted by atomic mass is 32.2. The Hall–Kier alpha value is -8.90. The molecule has 4 aliphatic heterocycles. The highest BCUT2D eigenvalue weighted by Crippen LogP contribution is 2.49. The van der Waals surface area contributed by atoms with Crippen molar-refractivity contribution in [2.45, 2.75) is 16.7 Å². The van der Waals surface area contributed by atoms with Gasteiger partial charge in [-0.05, 0) is 134 Å². The summed E-state index contributed by atoms with van der Waals surface area (Å²) in [4.78, 5) is 7.30. The first-order valence-electron chi connectivity index (χ1n) is 25.4. The molecule has 11 aromatic carbocycles. The van der Waals surface area contributed by atoms with E-state index in [1.807, 2.05) is 11.8 Å². The number of nitrogens with zero attached hydrogens (tertiary/aromatic N) is 2. The van der Waals surface area contributed by atoms with E-state index in [-0.39, 0.29) is 13.4 Å². The third kappa shape index (κ3) is 6.80. The van der Waals surface area contributed by atoms with E-state index in [2.05, 4.69) is 265 Å². The van der Waals surface area contributed by atoms with Gasteiger partial charge in [0.2, 0.25) is 0 Å². The zero-order valence-electron chi connectivity index (χ0n) is 40.4. The second-order valence-corrected chi connectivity index (χ2v) is 20.7. The third-order valence-corrected chi connectivity index (χ3v) is 16.5. The van der Waals surface area contributed by atoms with Gasteiger partial charge in [0.05, 0.1) is 11.4 Å². The maximum atomic E-state index is 7.11. The second-order valence-electron chi connectivity index (χ2n) is 19.6. The summed E-state index contributed by atoms with van der Waals surface area (Å²) in [5.74, 6) is 3.54. The molecule has 11 aromatic rings. The number of hydrogen-bond acceptors (Lipinski definition) is 5. The molecule has 0 spiro atoms. The Morgan fingerprint density at radius 2 is 0.905 bits per heavy atom. The molecule has 4 aliphatic rings. The number of benzene rings is 11. The zero-order chi connectivity index (χ0) is 48.9. The summed E-state index contributed by atoms with van der Waals surface area (Å²) in [7, 11) is 0. The molecule has 0 bridgehead atoms. The smallest absolute Gasteiger partial charge is 0.256 e. The lowest BCUT2D eigenvalue weighted by molar-refractivity contribution is 0.486. The van der Waals surface area contributed by atoms with Crippen LogP contribution in [0.3, 0.4) is 0 Å². The Morgan fingerprint density at radius 3 is 1.59 bits per heavy atom. The summed E-state index contributed by atoms with van der Waals surface area (Å²) >= 11 is 1.85. The minimum absolute atomic E-state index is 0.0642. The molecular weight excluding hydrogens is 918 g/mol. The first kappa shape index (κ1) is 42.8. The summed E-state index contributed by atoms with van der Waals surface area (Å²) in [6, 6.07) is 90.3. The van der Waals surface area contributed by atoms with Gasteiger partial charge in [0.25, 0.3) is 13.4 Å². The first-order chi connectivity index (χ1) is 36.6. The maximum absolute atomic E-state index is 7.11. The molecule has 0 saturated carbocycles. The van der Waals surface area contributed by atoms with Crippen molar-refractivity contribution in [1.29, 1.82) is 0 Å². The van der Waals surface area contributed by atoms with Gasteiger partial charge in [0.15, 0.2) is 0 Å². The lowest BCUT2D eigenvalue weighted by Crippen LogP contribution is -2.63. The summed E-state index contributed by atoms with van der Waals surface area (Å²) in [6.07, 6.45) is 0. The molecule has 0 N–H and O–H groups in total. The van der Waals surface area contributed by atoms with E-state index in [4.69, 9.17) is 9.47 Å². The minimum atomic E-state index is -0.0987. The lowest BCUT2D eigenvalue weighted by atomic mass is 9.31. The first-order valence-corrected chi connectivity index (χ1v) is 26.2. The molecule has 4 nitrogen and oxygen atoms in total. The summed E-state index contributed by atoms with van der Waals surface area (Å²) in [6.45, 7) is 2.04. The number of fused-ring (bicyclic) bond motifs is 8. The second kappa shape index (κ2) is 17.1. The SMILES string of the molecule is Cc1ccccc1-c1cc2c3c(c1)N(c1ccccc1-c1ccc(-c4ccccc4)cc1)c1cc4c(cc1B3c1ccccc1O2)B1c2ccccc2Oc2cc(N(c3ccccc3)c3ccccc3)cc(c21)S4. The van der Waals surface area contributed by atoms with Gasteiger partial charge in [0, 0.05) is 44.2 Å². The molecule has 4 heterocycles. The van der Waals surface area contributed by atoms with Gasteiger partial charge in [-0.3, -0.25) is 0 Å². The van der Waals surface area contributed by atoms with Crippen LogP contribution in [-0.4, -0.2) is 13.4 Å². The van der Waals surface area contributed by atoms with Crippen LogP contribution in [0.4, 0.5) is 34.1 Å². The maximum Gasteiger partial charge on any atom is 0.256 e. The summed E-state index contributed by atoms with van der Waals surface area (Å²) < 4.78 is 14.1. The molecule has 346 valence electrons. The Balaban J connectivity index is 0.986. The van der Waals surface area contributed by atoms with E-state index in [1.54, 1.807) is 0 Å². The summed E-state index contributed by atoms with van der Waals surface area (Å²) in [5, 5.41) is 0. The quantitative estimate of drug-likeness (QED) is 0.148. The van der Waals surface area contributed by atoms with Gasteiger partial charge in [-0.2, -0.15) is 0 Å². The Bertz CT molecular complexity index is 4000. The number of anilines is 6. The standard InChI is InChI=1S/C67H44B2N2O2S/c1-43-19-11-12-26-51(43)47-37-59-66-62(38-47)72-60-31-17-14-28-53(60)68(66)55-41-56-64(42-58(55)71(59)57-30-16-13-27-52(57)46-35-33-45(34-36-46)44-20-5-2-6-21-44)74-65-40-50(39-63-67(65)69(56)54-29-15-18-32-61(54)73-63)70(48-22-7-3-8-23-48)49-24-9-4-10-25-49/h2-42H,1H3. The molecular formula is C67H44B2N2O2S. The van der Waals surface area contributed by atoms with Crippen LogP contribution in [0.2, 0.25) is 0 Å². The van der Waals surface area contributed by atoms with Crippen LogP contribution < -0.4 is 52.1 Å². The van der Waals surface area contributed by atoms with Crippen LogP contribution in [0.5, 0.6) is 23.0 Å². The highest BCUT2D eigenvalue weighted by Gasteiger charge is 2.46. The van der Waals surface area contributed by atoms with Gasteiger partial charge >= 0.3 is 0 Å². The number of ether oxygens (including phenoxy) is 2. The van der Waals surface area contributed by atoms with E-state index in [0.717, 1.165) is 73.8 Å². The molecule has 7 heteroatoms. The third-order valence-electron chi connectivity index (χ3n) is 15.4. The topological polar surface area (TPSA) is 24.9 Å². The van der Waals surface area contributed by atoms with Crippen LogP contribution in [0.25, 0.3) is 33.4 Å². The predicted molar refractivity (Wildman–Crippen MR) is 310 cm³/mol. The fourth-order valence-corrected chi connectivity index (χ4v) is 13.3. The monoisotopic (exact) mass is 962 g/mol. The van der Waals surface area contributed by atoms with Crippen LogP contribution >= 0.6 is 11.8 Å². The van der Waals surface area contributed by atoms with Crippen molar-refractivity contribution in [2.75, 3.05) is 9.80 Å². The average Bonchev–Trinajstić information content (AvgIpc) is 3.49. The predicted octanol–water partition coefficient (Wildman–Crippen LogP) is 14.0. The Labute approximate surface area is 436 Å². The molecule has 0 radical (unpaired) electrons. The van der Waals surface area contributed by atoms with E-state index < -0.39 is 0 Å². The van der Waals surface area contributed by atoms with Gasteiger partial charge < -0.3 is 19.3 Å². The molecule has 0 amide bonds. The fraction of sp³-hybridized carbons (Fsp3) is 0.0149. The molecule has 0 unspecified atom stereocenters. The molecule has 0 saturated heterocycles. The van der Waals surface area contributed by atoms with E-state index in [9.17, 15) is 0 Å². The van der Waals surface area contributed by atoms with Crippen molar-refractivity contribution in [1.82, 2.24) is 0 Å².